The number of carbonyl (C=O) groups excluding carboxylic acids is 2. The van der Waals surface area contributed by atoms with Crippen LogP contribution in [0.25, 0.3) is 0 Å². The van der Waals surface area contributed by atoms with Crippen molar-refractivity contribution in [2.75, 3.05) is 11.9 Å². The van der Waals surface area contributed by atoms with Crippen LogP contribution < -0.4 is 5.32 Å². The Labute approximate surface area is 138 Å². The Morgan fingerprint density at radius 1 is 0.870 bits per heavy atom. The van der Waals surface area contributed by atoms with Crippen LogP contribution in [-0.2, 0) is 25.5 Å². The number of anilines is 1. The molecule has 128 valence electrons. The van der Waals surface area contributed by atoms with Crippen LogP contribution >= 0.6 is 0 Å². The van der Waals surface area contributed by atoms with E-state index in [-0.39, 0.29) is 24.9 Å². The maximum absolute atomic E-state index is 11.8. The van der Waals surface area contributed by atoms with Gasteiger partial charge in [-0.3, -0.25) is 9.59 Å². The minimum Gasteiger partial charge on any atom is -0.460 e. The average molecular weight is 321 g/mol. The van der Waals surface area contributed by atoms with Crippen LogP contribution in [0.4, 0.5) is 5.69 Å². The van der Waals surface area contributed by atoms with E-state index in [9.17, 15) is 9.59 Å². The molecule has 0 aromatic heterocycles. The molecule has 0 radical (unpaired) electrons. The minimum atomic E-state index is -0.490. The van der Waals surface area contributed by atoms with Gasteiger partial charge in [-0.25, -0.2) is 0 Å². The first-order valence-corrected chi connectivity index (χ1v) is 7.71. The SMILES string of the molecule is CC(C)(C)OC(=O)CNc1ccc(CC(=O)OC(C)(C)C)cc1. The fourth-order valence-corrected chi connectivity index (χ4v) is 1.84. The Morgan fingerprint density at radius 2 is 1.35 bits per heavy atom. The van der Waals surface area contributed by atoms with Crippen molar-refractivity contribution in [3.63, 3.8) is 0 Å². The van der Waals surface area contributed by atoms with Crippen LogP contribution in [0.5, 0.6) is 0 Å². The van der Waals surface area contributed by atoms with Gasteiger partial charge in [-0.2, -0.15) is 0 Å². The van der Waals surface area contributed by atoms with E-state index in [1.165, 1.54) is 0 Å². The minimum absolute atomic E-state index is 0.0999. The number of rotatable bonds is 5. The van der Waals surface area contributed by atoms with E-state index in [1.54, 1.807) is 0 Å². The average Bonchev–Trinajstić information content (AvgIpc) is 2.33. The zero-order chi connectivity index (χ0) is 17.7. The molecule has 5 nitrogen and oxygen atoms in total. The lowest BCUT2D eigenvalue weighted by Gasteiger charge is -2.20. The van der Waals surface area contributed by atoms with Crippen molar-refractivity contribution < 1.29 is 19.1 Å². The molecule has 0 aliphatic rings. The maximum Gasteiger partial charge on any atom is 0.325 e. The summed E-state index contributed by atoms with van der Waals surface area (Å²) in [4.78, 5) is 23.4. The number of hydrogen-bond acceptors (Lipinski definition) is 5. The first-order chi connectivity index (χ1) is 10.4. The lowest BCUT2D eigenvalue weighted by Crippen LogP contribution is -2.28. The molecule has 23 heavy (non-hydrogen) atoms. The molecule has 0 amide bonds. The van der Waals surface area contributed by atoms with Crippen LogP contribution in [0.1, 0.15) is 47.1 Å². The smallest absolute Gasteiger partial charge is 0.325 e. The third-order valence-electron chi connectivity index (χ3n) is 2.58. The van der Waals surface area contributed by atoms with E-state index in [2.05, 4.69) is 5.32 Å². The van der Waals surface area contributed by atoms with Gasteiger partial charge in [0.05, 0.1) is 6.42 Å². The highest BCUT2D eigenvalue weighted by atomic mass is 16.6. The second-order valence-electron chi connectivity index (χ2n) is 7.40. The van der Waals surface area contributed by atoms with E-state index in [4.69, 9.17) is 9.47 Å². The van der Waals surface area contributed by atoms with Gasteiger partial charge in [0.2, 0.25) is 0 Å². The molecule has 0 heterocycles. The molecule has 1 rings (SSSR count). The summed E-state index contributed by atoms with van der Waals surface area (Å²) in [5.74, 6) is -0.567. The van der Waals surface area contributed by atoms with Gasteiger partial charge in [0, 0.05) is 5.69 Å². The molecule has 5 heteroatoms. The van der Waals surface area contributed by atoms with E-state index < -0.39 is 11.2 Å². The van der Waals surface area contributed by atoms with Gasteiger partial charge in [0.25, 0.3) is 0 Å². The van der Waals surface area contributed by atoms with Crippen molar-refractivity contribution in [3.05, 3.63) is 29.8 Å². The van der Waals surface area contributed by atoms with Crippen LogP contribution in [0.15, 0.2) is 24.3 Å². The third kappa shape index (κ3) is 8.86. The van der Waals surface area contributed by atoms with Crippen LogP contribution in [0.3, 0.4) is 0 Å². The molecule has 0 spiro atoms. The third-order valence-corrected chi connectivity index (χ3v) is 2.58. The summed E-state index contributed by atoms with van der Waals surface area (Å²) in [6.07, 6.45) is 0.226. The normalized spacial score (nSPS) is 11.7. The molecule has 0 bridgehead atoms. The summed E-state index contributed by atoms with van der Waals surface area (Å²) in [6.45, 7) is 11.1. The molecule has 0 saturated heterocycles. The fraction of sp³-hybridized carbons (Fsp3) is 0.556. The number of carbonyl (C=O) groups is 2. The standard InChI is InChI=1S/C18H27NO4/c1-17(2,3)22-15(20)11-13-7-9-14(10-8-13)19-12-16(21)23-18(4,5)6/h7-10,19H,11-12H2,1-6H3. The van der Waals surface area contributed by atoms with Crippen molar-refractivity contribution in [2.24, 2.45) is 0 Å². The predicted octanol–water partition coefficient (Wildman–Crippen LogP) is 3.32. The first kappa shape index (κ1) is 19.0. The van der Waals surface area contributed by atoms with E-state index in [1.807, 2.05) is 65.8 Å². The number of esters is 2. The van der Waals surface area contributed by atoms with E-state index in [0.717, 1.165) is 11.3 Å². The highest BCUT2D eigenvalue weighted by Crippen LogP contribution is 2.13. The second kappa shape index (κ2) is 7.49. The van der Waals surface area contributed by atoms with E-state index in [0.29, 0.717) is 0 Å². The number of hydrogen-bond donors (Lipinski definition) is 1. The van der Waals surface area contributed by atoms with Gasteiger partial charge in [-0.05, 0) is 59.2 Å². The Bertz CT molecular complexity index is 536. The molecule has 1 N–H and O–H groups in total. The molecule has 0 fully saturated rings. The lowest BCUT2D eigenvalue weighted by molar-refractivity contribution is -0.154. The fourth-order valence-electron chi connectivity index (χ4n) is 1.84. The lowest BCUT2D eigenvalue weighted by atomic mass is 10.1. The van der Waals surface area contributed by atoms with Crippen molar-refractivity contribution in [2.45, 2.75) is 59.2 Å². The zero-order valence-electron chi connectivity index (χ0n) is 14.9. The summed E-state index contributed by atoms with van der Waals surface area (Å²) >= 11 is 0. The predicted molar refractivity (Wildman–Crippen MR) is 90.3 cm³/mol. The molecule has 0 aliphatic carbocycles. The van der Waals surface area contributed by atoms with Gasteiger partial charge in [0.1, 0.15) is 17.7 Å². The molecule has 1 aromatic carbocycles. The Kier molecular flexibility index (Phi) is 6.19. The Hall–Kier alpha value is -2.04. The van der Waals surface area contributed by atoms with E-state index >= 15 is 0 Å². The molecule has 0 saturated carbocycles. The zero-order valence-corrected chi connectivity index (χ0v) is 14.9. The summed E-state index contributed by atoms with van der Waals surface area (Å²) in [5, 5.41) is 3.00. The van der Waals surface area contributed by atoms with Crippen LogP contribution in [0, 0.1) is 0 Å². The summed E-state index contributed by atoms with van der Waals surface area (Å²) in [7, 11) is 0. The quantitative estimate of drug-likeness (QED) is 0.843. The second-order valence-corrected chi connectivity index (χ2v) is 7.40. The summed E-state index contributed by atoms with van der Waals surface area (Å²) < 4.78 is 10.5. The Morgan fingerprint density at radius 3 is 1.83 bits per heavy atom. The highest BCUT2D eigenvalue weighted by Gasteiger charge is 2.17. The topological polar surface area (TPSA) is 64.6 Å². The van der Waals surface area contributed by atoms with Crippen molar-refractivity contribution in [3.8, 4) is 0 Å². The van der Waals surface area contributed by atoms with Gasteiger partial charge in [-0.15, -0.1) is 0 Å². The molecule has 1 aromatic rings. The van der Waals surface area contributed by atoms with Crippen molar-refractivity contribution >= 4 is 17.6 Å². The van der Waals surface area contributed by atoms with Gasteiger partial charge >= 0.3 is 11.9 Å². The molecular weight excluding hydrogens is 294 g/mol. The van der Waals surface area contributed by atoms with Gasteiger partial charge in [0.15, 0.2) is 0 Å². The van der Waals surface area contributed by atoms with Crippen LogP contribution in [0.2, 0.25) is 0 Å². The summed E-state index contributed by atoms with van der Waals surface area (Å²) in [6, 6.07) is 7.32. The van der Waals surface area contributed by atoms with Crippen molar-refractivity contribution in [1.29, 1.82) is 0 Å². The molecule has 0 unspecified atom stereocenters. The first-order valence-electron chi connectivity index (χ1n) is 7.71. The highest BCUT2D eigenvalue weighted by molar-refractivity contribution is 5.76. The number of nitrogens with one attached hydrogen (secondary N) is 1. The number of benzene rings is 1. The Balaban J connectivity index is 2.48. The van der Waals surface area contributed by atoms with Gasteiger partial charge < -0.3 is 14.8 Å². The molecule has 0 aliphatic heterocycles. The van der Waals surface area contributed by atoms with Crippen LogP contribution in [-0.4, -0.2) is 29.7 Å². The largest absolute Gasteiger partial charge is 0.460 e. The van der Waals surface area contributed by atoms with Crippen molar-refractivity contribution in [1.82, 2.24) is 0 Å². The van der Waals surface area contributed by atoms with Gasteiger partial charge in [-0.1, -0.05) is 12.1 Å². The maximum atomic E-state index is 11.8. The molecule has 0 atom stereocenters. The number of ether oxygens (including phenoxy) is 2. The summed E-state index contributed by atoms with van der Waals surface area (Å²) in [5.41, 5.74) is 0.688. The monoisotopic (exact) mass is 321 g/mol. The molecular formula is C18H27NO4.